The average molecular weight is 337 g/mol. The molecule has 98 valence electrons. The lowest BCUT2D eigenvalue weighted by Crippen LogP contribution is -2.19. The molecule has 2 aromatic rings. The maximum atomic E-state index is 6.05. The minimum atomic E-state index is 0.451. The predicted molar refractivity (Wildman–Crippen MR) is 85.1 cm³/mol. The third kappa shape index (κ3) is 2.80. The number of fused-ring (bicyclic) bond motifs is 1. The summed E-state index contributed by atoms with van der Waals surface area (Å²) in [6, 6.07) is 13.1. The number of hydrogen-bond donors (Lipinski definition) is 1. The maximum Gasteiger partial charge on any atom is 0.0487 e. The molecule has 0 amide bonds. The summed E-state index contributed by atoms with van der Waals surface area (Å²) >= 11 is 9.66. The third-order valence-electron chi connectivity index (χ3n) is 3.59. The fourth-order valence-electron chi connectivity index (χ4n) is 2.65. The van der Waals surface area contributed by atoms with E-state index in [9.17, 15) is 0 Å². The van der Waals surface area contributed by atoms with Gasteiger partial charge in [0.1, 0.15) is 0 Å². The smallest absolute Gasteiger partial charge is 0.0487 e. The molecule has 0 saturated carbocycles. The molecule has 3 heteroatoms. The summed E-state index contributed by atoms with van der Waals surface area (Å²) in [5, 5.41) is 4.44. The molecule has 19 heavy (non-hydrogen) atoms. The Labute approximate surface area is 127 Å². The second-order valence-electron chi connectivity index (χ2n) is 5.15. The van der Waals surface area contributed by atoms with Crippen molar-refractivity contribution in [3.63, 3.8) is 0 Å². The second-order valence-corrected chi connectivity index (χ2v) is 6.44. The highest BCUT2D eigenvalue weighted by Crippen LogP contribution is 2.30. The van der Waals surface area contributed by atoms with Crippen molar-refractivity contribution in [3.05, 3.63) is 62.6 Å². The van der Waals surface area contributed by atoms with E-state index in [4.69, 9.17) is 11.6 Å². The Bertz CT molecular complexity index is 624. The Morgan fingerprint density at radius 2 is 1.89 bits per heavy atom. The summed E-state index contributed by atoms with van der Waals surface area (Å²) in [7, 11) is 0. The van der Waals surface area contributed by atoms with Crippen LogP contribution >= 0.6 is 27.5 Å². The van der Waals surface area contributed by atoms with Crippen molar-refractivity contribution in [1.29, 1.82) is 0 Å². The van der Waals surface area contributed by atoms with Crippen LogP contribution in [-0.4, -0.2) is 6.04 Å². The standard InChI is InChI=1S/C16H15BrClN/c1-10-2-5-16(15(17)6-10)19-14-8-11-3-4-13(18)7-12(11)9-14/h2-7,14,19H,8-9H2,1H3. The van der Waals surface area contributed by atoms with Gasteiger partial charge in [0.2, 0.25) is 0 Å². The number of rotatable bonds is 2. The molecular formula is C16H15BrClN. The van der Waals surface area contributed by atoms with Gasteiger partial charge in [-0.25, -0.2) is 0 Å². The topological polar surface area (TPSA) is 12.0 Å². The van der Waals surface area contributed by atoms with Crippen LogP contribution in [0.2, 0.25) is 5.02 Å². The quantitative estimate of drug-likeness (QED) is 0.814. The largest absolute Gasteiger partial charge is 0.381 e. The first-order valence-corrected chi connectivity index (χ1v) is 7.59. The van der Waals surface area contributed by atoms with Crippen molar-refractivity contribution >= 4 is 33.2 Å². The Kier molecular flexibility index (Phi) is 3.55. The van der Waals surface area contributed by atoms with E-state index in [2.05, 4.69) is 58.5 Å². The number of hydrogen-bond acceptors (Lipinski definition) is 1. The van der Waals surface area contributed by atoms with Gasteiger partial charge < -0.3 is 5.32 Å². The molecule has 0 fully saturated rings. The predicted octanol–water partition coefficient (Wildman–Crippen LogP) is 4.99. The number of aryl methyl sites for hydroxylation is 1. The third-order valence-corrected chi connectivity index (χ3v) is 4.48. The van der Waals surface area contributed by atoms with Crippen LogP contribution in [0.5, 0.6) is 0 Å². The summed E-state index contributed by atoms with van der Waals surface area (Å²) < 4.78 is 1.13. The molecule has 1 atom stereocenters. The summed E-state index contributed by atoms with van der Waals surface area (Å²) in [4.78, 5) is 0. The molecule has 1 N–H and O–H groups in total. The Morgan fingerprint density at radius 3 is 2.68 bits per heavy atom. The molecule has 0 bridgehead atoms. The van der Waals surface area contributed by atoms with Crippen molar-refractivity contribution < 1.29 is 0 Å². The van der Waals surface area contributed by atoms with Crippen molar-refractivity contribution in [2.75, 3.05) is 5.32 Å². The highest BCUT2D eigenvalue weighted by atomic mass is 79.9. The van der Waals surface area contributed by atoms with Gasteiger partial charge in [-0.15, -0.1) is 0 Å². The van der Waals surface area contributed by atoms with Crippen LogP contribution in [0.25, 0.3) is 0 Å². The molecule has 1 unspecified atom stereocenters. The van der Waals surface area contributed by atoms with Crippen LogP contribution in [0, 0.1) is 6.92 Å². The molecule has 2 aromatic carbocycles. The van der Waals surface area contributed by atoms with E-state index in [1.807, 2.05) is 6.07 Å². The molecule has 0 aromatic heterocycles. The molecule has 3 rings (SSSR count). The van der Waals surface area contributed by atoms with Crippen LogP contribution in [0.4, 0.5) is 5.69 Å². The summed E-state index contributed by atoms with van der Waals surface area (Å²) in [6.45, 7) is 2.10. The summed E-state index contributed by atoms with van der Waals surface area (Å²) in [6.07, 6.45) is 2.10. The van der Waals surface area contributed by atoms with Gasteiger partial charge in [-0.1, -0.05) is 23.7 Å². The highest BCUT2D eigenvalue weighted by molar-refractivity contribution is 9.10. The van der Waals surface area contributed by atoms with Crippen molar-refractivity contribution in [2.24, 2.45) is 0 Å². The lowest BCUT2D eigenvalue weighted by atomic mass is 10.1. The van der Waals surface area contributed by atoms with Crippen LogP contribution in [-0.2, 0) is 12.8 Å². The first-order chi connectivity index (χ1) is 9.11. The van der Waals surface area contributed by atoms with Gasteiger partial charge in [0.25, 0.3) is 0 Å². The van der Waals surface area contributed by atoms with Crippen LogP contribution in [0.15, 0.2) is 40.9 Å². The minimum Gasteiger partial charge on any atom is -0.381 e. The van der Waals surface area contributed by atoms with Gasteiger partial charge in [-0.05, 0) is 76.7 Å². The minimum absolute atomic E-state index is 0.451. The van der Waals surface area contributed by atoms with Crippen LogP contribution in [0.3, 0.4) is 0 Å². The van der Waals surface area contributed by atoms with Crippen LogP contribution < -0.4 is 5.32 Å². The lowest BCUT2D eigenvalue weighted by Gasteiger charge is -2.15. The normalized spacial score (nSPS) is 17.3. The van der Waals surface area contributed by atoms with E-state index < -0.39 is 0 Å². The second kappa shape index (κ2) is 5.18. The molecule has 0 saturated heterocycles. The Hall–Kier alpha value is -0.990. The van der Waals surface area contributed by atoms with Gasteiger partial charge in [0.05, 0.1) is 0 Å². The van der Waals surface area contributed by atoms with E-state index in [0.717, 1.165) is 28.0 Å². The van der Waals surface area contributed by atoms with E-state index in [-0.39, 0.29) is 0 Å². The monoisotopic (exact) mass is 335 g/mol. The molecule has 1 aliphatic rings. The Morgan fingerprint density at radius 1 is 1.11 bits per heavy atom. The first-order valence-electron chi connectivity index (χ1n) is 6.42. The number of halogens is 2. The van der Waals surface area contributed by atoms with E-state index in [0.29, 0.717) is 6.04 Å². The molecule has 0 heterocycles. The number of anilines is 1. The zero-order chi connectivity index (χ0) is 13.4. The van der Waals surface area contributed by atoms with Crippen molar-refractivity contribution in [3.8, 4) is 0 Å². The van der Waals surface area contributed by atoms with Gasteiger partial charge in [-0.3, -0.25) is 0 Å². The summed E-state index contributed by atoms with van der Waals surface area (Å²) in [5.74, 6) is 0. The van der Waals surface area contributed by atoms with Gasteiger partial charge in [-0.2, -0.15) is 0 Å². The molecule has 0 aliphatic heterocycles. The first kappa shape index (κ1) is 13.0. The highest BCUT2D eigenvalue weighted by Gasteiger charge is 2.21. The van der Waals surface area contributed by atoms with Crippen molar-refractivity contribution in [1.82, 2.24) is 0 Å². The fourth-order valence-corrected chi connectivity index (χ4v) is 3.45. The van der Waals surface area contributed by atoms with Gasteiger partial charge >= 0.3 is 0 Å². The van der Waals surface area contributed by atoms with E-state index in [1.54, 1.807) is 0 Å². The summed E-state index contributed by atoms with van der Waals surface area (Å²) in [5.41, 5.74) is 5.20. The molecular weight excluding hydrogens is 322 g/mol. The molecule has 1 aliphatic carbocycles. The van der Waals surface area contributed by atoms with Crippen molar-refractivity contribution in [2.45, 2.75) is 25.8 Å². The van der Waals surface area contributed by atoms with Gasteiger partial charge in [0, 0.05) is 21.2 Å². The maximum absolute atomic E-state index is 6.05. The Balaban J connectivity index is 1.77. The molecule has 1 nitrogen and oxygen atoms in total. The van der Waals surface area contributed by atoms with Gasteiger partial charge in [0.15, 0.2) is 0 Å². The number of nitrogens with one attached hydrogen (secondary N) is 1. The number of benzene rings is 2. The zero-order valence-electron chi connectivity index (χ0n) is 10.7. The van der Waals surface area contributed by atoms with E-state index >= 15 is 0 Å². The average Bonchev–Trinajstić information content (AvgIpc) is 2.74. The lowest BCUT2D eigenvalue weighted by molar-refractivity contribution is 0.773. The van der Waals surface area contributed by atoms with Crippen LogP contribution in [0.1, 0.15) is 16.7 Å². The molecule has 0 spiro atoms. The fraction of sp³-hybridized carbons (Fsp3) is 0.250. The van der Waals surface area contributed by atoms with E-state index in [1.165, 1.54) is 16.7 Å². The molecule has 0 radical (unpaired) electrons. The zero-order valence-corrected chi connectivity index (χ0v) is 13.1. The SMILES string of the molecule is Cc1ccc(NC2Cc3ccc(Cl)cc3C2)c(Br)c1.